The lowest BCUT2D eigenvalue weighted by molar-refractivity contribution is -0.134. The third-order valence-electron chi connectivity index (χ3n) is 4.29. The normalized spacial score (nSPS) is 15.5. The minimum absolute atomic E-state index is 0.0470. The van der Waals surface area contributed by atoms with Crippen LogP contribution in [0.1, 0.15) is 0 Å². The number of benzene rings is 2. The number of nitrogens with zero attached hydrogens (tertiary/aromatic N) is 2. The summed E-state index contributed by atoms with van der Waals surface area (Å²) in [5, 5.41) is 0.231. The van der Waals surface area contributed by atoms with Crippen LogP contribution in [0.2, 0.25) is 10.0 Å². The highest BCUT2D eigenvalue weighted by Crippen LogP contribution is 2.26. The molecule has 0 bridgehead atoms. The zero-order valence-electron chi connectivity index (χ0n) is 14.6. The Morgan fingerprint density at radius 1 is 1.04 bits per heavy atom. The standard InChI is InChI=1S/C18H17Cl2FN2O4S/c19-14-3-1-2-4-17(14)28(25,26)23-9-7-22(8-10-23)18(24)12-27-16-6-5-13(21)11-15(16)20/h1-6,11H,7-10,12H2. The first kappa shape index (κ1) is 20.9. The van der Waals surface area contributed by atoms with Crippen molar-refractivity contribution in [2.45, 2.75) is 4.90 Å². The number of carbonyl (C=O) groups is 1. The Morgan fingerprint density at radius 3 is 2.36 bits per heavy atom. The van der Waals surface area contributed by atoms with E-state index in [2.05, 4.69) is 0 Å². The van der Waals surface area contributed by atoms with E-state index in [1.54, 1.807) is 12.1 Å². The summed E-state index contributed by atoms with van der Waals surface area (Å²) < 4.78 is 45.1. The Bertz CT molecular complexity index is 979. The largest absolute Gasteiger partial charge is 0.482 e. The first-order valence-electron chi connectivity index (χ1n) is 8.39. The highest BCUT2D eigenvalue weighted by Gasteiger charge is 2.31. The number of rotatable bonds is 5. The molecule has 1 aliphatic heterocycles. The Balaban J connectivity index is 1.57. The van der Waals surface area contributed by atoms with Gasteiger partial charge in [-0.2, -0.15) is 4.31 Å². The van der Waals surface area contributed by atoms with Crippen LogP contribution >= 0.6 is 23.2 Å². The lowest BCUT2D eigenvalue weighted by Gasteiger charge is -2.34. The molecule has 0 aliphatic carbocycles. The van der Waals surface area contributed by atoms with E-state index in [1.165, 1.54) is 33.5 Å². The molecule has 0 aromatic heterocycles. The van der Waals surface area contributed by atoms with Crippen molar-refractivity contribution in [2.75, 3.05) is 32.8 Å². The van der Waals surface area contributed by atoms with E-state index in [0.29, 0.717) is 0 Å². The molecule has 2 aromatic carbocycles. The van der Waals surface area contributed by atoms with Crippen LogP contribution in [-0.4, -0.2) is 56.3 Å². The fourth-order valence-electron chi connectivity index (χ4n) is 2.79. The fourth-order valence-corrected chi connectivity index (χ4v) is 4.93. The van der Waals surface area contributed by atoms with Gasteiger partial charge in [-0.3, -0.25) is 4.79 Å². The number of piperazine rings is 1. The van der Waals surface area contributed by atoms with Crippen LogP contribution in [0.5, 0.6) is 5.75 Å². The van der Waals surface area contributed by atoms with Crippen LogP contribution < -0.4 is 4.74 Å². The van der Waals surface area contributed by atoms with Gasteiger partial charge in [-0.15, -0.1) is 0 Å². The summed E-state index contributed by atoms with van der Waals surface area (Å²) in [6.07, 6.45) is 0. The second-order valence-electron chi connectivity index (χ2n) is 6.08. The Morgan fingerprint density at radius 2 is 1.71 bits per heavy atom. The molecule has 150 valence electrons. The second kappa shape index (κ2) is 8.65. The van der Waals surface area contributed by atoms with E-state index in [9.17, 15) is 17.6 Å². The summed E-state index contributed by atoms with van der Waals surface area (Å²) in [7, 11) is -3.73. The molecular formula is C18H17Cl2FN2O4S. The van der Waals surface area contributed by atoms with E-state index in [4.69, 9.17) is 27.9 Å². The van der Waals surface area contributed by atoms with E-state index in [-0.39, 0.29) is 59.4 Å². The summed E-state index contributed by atoms with van der Waals surface area (Å²) in [5.74, 6) is -0.605. The number of hydrogen-bond acceptors (Lipinski definition) is 4. The summed E-state index contributed by atoms with van der Waals surface area (Å²) in [4.78, 5) is 13.9. The number of halogens is 3. The molecule has 0 unspecified atom stereocenters. The summed E-state index contributed by atoms with van der Waals surface area (Å²) in [5.41, 5.74) is 0. The van der Waals surface area contributed by atoms with E-state index < -0.39 is 15.8 Å². The van der Waals surface area contributed by atoms with E-state index in [1.807, 2.05) is 0 Å². The second-order valence-corrected chi connectivity index (χ2v) is 8.80. The van der Waals surface area contributed by atoms with Gasteiger partial charge in [0.2, 0.25) is 10.0 Å². The predicted molar refractivity (Wildman–Crippen MR) is 104 cm³/mol. The van der Waals surface area contributed by atoms with Gasteiger partial charge < -0.3 is 9.64 Å². The minimum atomic E-state index is -3.73. The van der Waals surface area contributed by atoms with Gasteiger partial charge in [-0.25, -0.2) is 12.8 Å². The Hall–Kier alpha value is -1.87. The lowest BCUT2D eigenvalue weighted by atomic mass is 10.3. The molecule has 0 saturated carbocycles. The summed E-state index contributed by atoms with van der Waals surface area (Å²) >= 11 is 11.9. The smallest absolute Gasteiger partial charge is 0.260 e. The topological polar surface area (TPSA) is 66.9 Å². The number of hydrogen-bond donors (Lipinski definition) is 0. The van der Waals surface area contributed by atoms with E-state index >= 15 is 0 Å². The molecule has 1 aliphatic rings. The lowest BCUT2D eigenvalue weighted by Crippen LogP contribution is -2.51. The van der Waals surface area contributed by atoms with Crippen LogP contribution in [0.3, 0.4) is 0 Å². The van der Waals surface area contributed by atoms with Crippen molar-refractivity contribution >= 4 is 39.1 Å². The van der Waals surface area contributed by atoms with Crippen LogP contribution in [0, 0.1) is 5.82 Å². The Kier molecular flexibility index (Phi) is 6.44. The van der Waals surface area contributed by atoms with Crippen molar-refractivity contribution in [1.29, 1.82) is 0 Å². The van der Waals surface area contributed by atoms with Gasteiger partial charge >= 0.3 is 0 Å². The molecule has 0 radical (unpaired) electrons. The molecular weight excluding hydrogens is 430 g/mol. The molecule has 1 amide bonds. The number of ether oxygens (including phenoxy) is 1. The molecule has 0 atom stereocenters. The highest BCUT2D eigenvalue weighted by molar-refractivity contribution is 7.89. The van der Waals surface area contributed by atoms with Gasteiger partial charge in [0.05, 0.1) is 10.0 Å². The van der Waals surface area contributed by atoms with Gasteiger partial charge in [0.1, 0.15) is 16.5 Å². The van der Waals surface area contributed by atoms with Crippen molar-refractivity contribution in [1.82, 2.24) is 9.21 Å². The number of carbonyl (C=O) groups excluding carboxylic acids is 1. The third kappa shape index (κ3) is 4.57. The van der Waals surface area contributed by atoms with Crippen molar-refractivity contribution < 1.29 is 22.3 Å². The summed E-state index contributed by atoms with van der Waals surface area (Å²) in [6.45, 7) is 0.474. The van der Waals surface area contributed by atoms with Crippen LogP contribution in [0.25, 0.3) is 0 Å². The molecule has 28 heavy (non-hydrogen) atoms. The number of amides is 1. The highest BCUT2D eigenvalue weighted by atomic mass is 35.5. The molecule has 1 heterocycles. The molecule has 0 N–H and O–H groups in total. The van der Waals surface area contributed by atoms with E-state index in [0.717, 1.165) is 6.07 Å². The zero-order valence-corrected chi connectivity index (χ0v) is 17.0. The molecule has 1 fully saturated rings. The SMILES string of the molecule is O=C(COc1ccc(F)cc1Cl)N1CCN(S(=O)(=O)c2ccccc2Cl)CC1. The zero-order chi connectivity index (χ0) is 20.3. The van der Waals surface area contributed by atoms with Crippen molar-refractivity contribution in [2.24, 2.45) is 0 Å². The molecule has 6 nitrogen and oxygen atoms in total. The fraction of sp³-hybridized carbons (Fsp3) is 0.278. The van der Waals surface area contributed by atoms with Gasteiger partial charge in [-0.1, -0.05) is 35.3 Å². The molecule has 3 rings (SSSR count). The molecule has 10 heteroatoms. The van der Waals surface area contributed by atoms with Gasteiger partial charge in [0.25, 0.3) is 5.91 Å². The maximum absolute atomic E-state index is 13.0. The first-order valence-corrected chi connectivity index (χ1v) is 10.6. The first-order chi connectivity index (χ1) is 13.3. The molecule has 0 spiro atoms. The monoisotopic (exact) mass is 446 g/mol. The minimum Gasteiger partial charge on any atom is -0.482 e. The van der Waals surface area contributed by atoms with Gasteiger partial charge in [-0.05, 0) is 30.3 Å². The molecule has 1 saturated heterocycles. The van der Waals surface area contributed by atoms with Gasteiger partial charge in [0, 0.05) is 26.2 Å². The third-order valence-corrected chi connectivity index (χ3v) is 6.98. The van der Waals surface area contributed by atoms with Gasteiger partial charge in [0.15, 0.2) is 6.61 Å². The quantitative estimate of drug-likeness (QED) is 0.707. The summed E-state index contributed by atoms with van der Waals surface area (Å²) in [6, 6.07) is 9.87. The van der Waals surface area contributed by atoms with Crippen LogP contribution in [0.4, 0.5) is 4.39 Å². The van der Waals surface area contributed by atoms with Crippen LogP contribution in [0.15, 0.2) is 47.4 Å². The van der Waals surface area contributed by atoms with Crippen molar-refractivity contribution in [3.63, 3.8) is 0 Å². The van der Waals surface area contributed by atoms with Crippen molar-refractivity contribution in [3.8, 4) is 5.75 Å². The molecule has 2 aromatic rings. The maximum atomic E-state index is 13.0. The average molecular weight is 447 g/mol. The maximum Gasteiger partial charge on any atom is 0.260 e. The van der Waals surface area contributed by atoms with Crippen molar-refractivity contribution in [3.05, 3.63) is 58.3 Å². The predicted octanol–water partition coefficient (Wildman–Crippen LogP) is 3.04. The average Bonchev–Trinajstić information content (AvgIpc) is 2.67. The number of sulfonamides is 1. The van der Waals surface area contributed by atoms with Crippen LogP contribution in [-0.2, 0) is 14.8 Å². The Labute approximate surface area is 172 Å².